The van der Waals surface area contributed by atoms with E-state index in [1.165, 1.54) is 64.2 Å². The van der Waals surface area contributed by atoms with Gasteiger partial charge in [-0.1, -0.05) is 137 Å². The number of carbonyl (C=O) groups is 2. The highest BCUT2D eigenvalue weighted by Gasteiger charge is 2.66. The van der Waals surface area contributed by atoms with E-state index in [1.807, 2.05) is 27.7 Å². The Bertz CT molecular complexity index is 1260. The summed E-state index contributed by atoms with van der Waals surface area (Å²) in [6.45, 7) is 22.5. The van der Waals surface area contributed by atoms with E-state index in [0.717, 1.165) is 38.5 Å². The summed E-state index contributed by atoms with van der Waals surface area (Å²) in [6.07, 6.45) is 14.6. The van der Waals surface area contributed by atoms with Crippen molar-refractivity contribution in [3.63, 3.8) is 0 Å². The largest absolute Gasteiger partial charge is 0.462 e. The van der Waals surface area contributed by atoms with Crippen molar-refractivity contribution in [2.45, 2.75) is 250 Å². The molecular formula is C43H81O11PS2Si. The maximum Gasteiger partial charge on any atom is 0.306 e. The number of hydrogen-bond acceptors (Lipinski definition) is 12. The molecule has 1 aliphatic carbocycles. The molecule has 0 aromatic carbocycles. The Hall–Kier alpha value is -0.123. The molecule has 0 amide bonds. The molecule has 2 heterocycles. The van der Waals surface area contributed by atoms with Gasteiger partial charge in [0.2, 0.25) is 5.69 Å². The van der Waals surface area contributed by atoms with Crippen molar-refractivity contribution in [1.29, 1.82) is 0 Å². The molecular weight excluding hydrogens is 816 g/mol. The van der Waals surface area contributed by atoms with Crippen LogP contribution in [0.25, 0.3) is 0 Å². The van der Waals surface area contributed by atoms with Gasteiger partial charge in [0.05, 0.1) is 6.61 Å². The minimum Gasteiger partial charge on any atom is -0.462 e. The standard InChI is InChI=1S/C43H81O11PS2Si/c1-12-14-16-17-18-19-20-21-22-23-24-25-27-29-34(45)48-32(30-46-33(44)28-26-15-13-2)31-47-55(56,57)53-39-35-37(51-42(6,7)49-35)40(54-58(10,11)41(3,4)5)38-36(39)50-43(8,9)52-38/h32,35-40H,12-31H2,1-11H3,(H,56,57)/t32-,35-,36-,37-,38+,39?,40?/m1/s1. The summed E-state index contributed by atoms with van der Waals surface area (Å²) < 4.78 is 57.3. The summed E-state index contributed by atoms with van der Waals surface area (Å²) in [7, 11) is -2.31. The third-order valence-electron chi connectivity index (χ3n) is 11.7. The number of carbonyl (C=O) groups excluding carboxylic acids is 2. The van der Waals surface area contributed by atoms with Gasteiger partial charge in [-0.3, -0.25) is 9.59 Å². The fourth-order valence-electron chi connectivity index (χ4n) is 7.58. The van der Waals surface area contributed by atoms with Gasteiger partial charge < -0.3 is 41.9 Å². The molecule has 340 valence electrons. The molecule has 3 rings (SSSR count). The lowest BCUT2D eigenvalue weighted by Gasteiger charge is -2.47. The highest BCUT2D eigenvalue weighted by molar-refractivity contribution is 8.60. The van der Waals surface area contributed by atoms with Gasteiger partial charge in [0.1, 0.15) is 43.2 Å². The van der Waals surface area contributed by atoms with E-state index >= 15 is 0 Å². The van der Waals surface area contributed by atoms with Gasteiger partial charge in [-0.15, -0.1) is 0 Å². The summed E-state index contributed by atoms with van der Waals surface area (Å²) in [4.78, 5) is 25.6. The Morgan fingerprint density at radius 1 is 0.672 bits per heavy atom. The fraction of sp³-hybridized carbons (Fsp3) is 0.953. The number of hydrogen-bond donors (Lipinski definition) is 1. The van der Waals surface area contributed by atoms with Crippen LogP contribution in [0.15, 0.2) is 0 Å². The second-order valence-corrected chi connectivity index (χ2v) is 29.0. The summed E-state index contributed by atoms with van der Waals surface area (Å²) in [6, 6.07) is 0. The van der Waals surface area contributed by atoms with Crippen LogP contribution in [-0.2, 0) is 63.3 Å². The molecule has 1 saturated carbocycles. The predicted octanol–water partition coefficient (Wildman–Crippen LogP) is 11.5. The highest BCUT2D eigenvalue weighted by atomic mass is 32.9. The van der Waals surface area contributed by atoms with Gasteiger partial charge in [0.25, 0.3) is 0 Å². The lowest BCUT2D eigenvalue weighted by molar-refractivity contribution is -0.180. The quantitative estimate of drug-likeness (QED) is 0.0265. The molecule has 0 aromatic heterocycles. The number of fused-ring (bicyclic) bond motifs is 2. The molecule has 0 aromatic rings. The minimum atomic E-state index is -3.36. The zero-order chi connectivity index (χ0) is 43.2. The molecule has 11 nitrogen and oxygen atoms in total. The average molecular weight is 897 g/mol. The Balaban J connectivity index is 1.61. The first kappa shape index (κ1) is 52.2. The van der Waals surface area contributed by atoms with Gasteiger partial charge in [0.15, 0.2) is 26.0 Å². The molecule has 2 aliphatic heterocycles. The Morgan fingerprint density at radius 2 is 1.07 bits per heavy atom. The van der Waals surface area contributed by atoms with Crippen molar-refractivity contribution in [1.82, 2.24) is 0 Å². The van der Waals surface area contributed by atoms with E-state index in [-0.39, 0.29) is 36.6 Å². The third kappa shape index (κ3) is 17.6. The van der Waals surface area contributed by atoms with Crippen LogP contribution in [0.1, 0.15) is 178 Å². The van der Waals surface area contributed by atoms with E-state index < -0.39 is 68.3 Å². The van der Waals surface area contributed by atoms with Gasteiger partial charge in [-0.2, -0.15) is 0 Å². The second kappa shape index (κ2) is 24.1. The van der Waals surface area contributed by atoms with E-state index in [9.17, 15) is 9.59 Å². The van der Waals surface area contributed by atoms with Crippen LogP contribution in [0.3, 0.4) is 0 Å². The van der Waals surface area contributed by atoms with Crippen molar-refractivity contribution in [2.24, 2.45) is 0 Å². The predicted molar refractivity (Wildman–Crippen MR) is 239 cm³/mol. The molecule has 15 heteroatoms. The topological polar surface area (TPSA) is 117 Å². The molecule has 0 spiro atoms. The van der Waals surface area contributed by atoms with Crippen LogP contribution in [-0.4, -0.2) is 87.8 Å². The van der Waals surface area contributed by atoms with Crippen molar-refractivity contribution in [2.75, 3.05) is 13.2 Å². The normalized spacial score (nSPS) is 26.8. The molecule has 3 unspecified atom stereocenters. The molecule has 0 radical (unpaired) electrons. The summed E-state index contributed by atoms with van der Waals surface area (Å²) in [5.41, 5.74) is -3.36. The van der Waals surface area contributed by atoms with Crippen molar-refractivity contribution < 1.29 is 51.5 Å². The summed E-state index contributed by atoms with van der Waals surface area (Å²) in [5.74, 6) is -2.58. The van der Waals surface area contributed by atoms with E-state index in [2.05, 4.69) is 47.7 Å². The second-order valence-electron chi connectivity index (χ2n) is 19.1. The Labute approximate surface area is 363 Å². The van der Waals surface area contributed by atoms with Gasteiger partial charge in [-0.05, 0) is 70.5 Å². The van der Waals surface area contributed by atoms with Gasteiger partial charge >= 0.3 is 11.9 Å². The fourth-order valence-corrected chi connectivity index (χ4v) is 10.9. The lowest BCUT2D eigenvalue weighted by Crippen LogP contribution is -2.65. The minimum absolute atomic E-state index is 0.0637. The first-order valence-corrected chi connectivity index (χ1v) is 29.2. The average Bonchev–Trinajstić information content (AvgIpc) is 3.63. The van der Waals surface area contributed by atoms with Crippen molar-refractivity contribution >= 4 is 50.0 Å². The molecule has 8 atom stereocenters. The van der Waals surface area contributed by atoms with Crippen LogP contribution in [0, 0.1) is 0 Å². The van der Waals surface area contributed by atoms with Crippen LogP contribution in [0.2, 0.25) is 18.1 Å². The van der Waals surface area contributed by atoms with Crippen molar-refractivity contribution in [3.05, 3.63) is 0 Å². The number of thiol groups is 1. The Morgan fingerprint density at radius 3 is 1.53 bits per heavy atom. The zero-order valence-corrected chi connectivity index (χ0v) is 41.6. The number of rotatable bonds is 28. The SMILES string of the molecule is CCCCCCCCCCCCCCCC(=O)O[C@H](COC(=O)CCCCC)COP(=S)(S)OC1[C@@H]2OC(C)(C)O[C@@H]2C(O[Si](C)(C)C(C)(C)C)[C@@H]2OC(C)(C)O[C@@H]12. The van der Waals surface area contributed by atoms with Crippen LogP contribution >= 0.6 is 17.9 Å². The maximum atomic E-state index is 13.1. The maximum absolute atomic E-state index is 13.1. The molecule has 58 heavy (non-hydrogen) atoms. The number of unbranched alkanes of at least 4 members (excludes halogenated alkanes) is 14. The van der Waals surface area contributed by atoms with Gasteiger partial charge in [0, 0.05) is 12.8 Å². The van der Waals surface area contributed by atoms with Crippen LogP contribution in [0.4, 0.5) is 0 Å². The van der Waals surface area contributed by atoms with Crippen molar-refractivity contribution in [3.8, 4) is 0 Å². The van der Waals surface area contributed by atoms with Crippen LogP contribution < -0.4 is 0 Å². The first-order valence-electron chi connectivity index (χ1n) is 22.5. The summed E-state index contributed by atoms with van der Waals surface area (Å²) >= 11 is 10.6. The lowest BCUT2D eigenvalue weighted by atomic mass is 9.85. The molecule has 3 aliphatic rings. The zero-order valence-electron chi connectivity index (χ0n) is 38.0. The summed E-state index contributed by atoms with van der Waals surface area (Å²) in [5, 5.41) is -0.0637. The van der Waals surface area contributed by atoms with Gasteiger partial charge in [-0.25, -0.2) is 0 Å². The number of ether oxygens (including phenoxy) is 6. The highest BCUT2D eigenvalue weighted by Crippen LogP contribution is 2.58. The molecule has 3 fully saturated rings. The molecule has 2 saturated heterocycles. The smallest absolute Gasteiger partial charge is 0.306 e. The number of esters is 2. The molecule has 0 bridgehead atoms. The van der Waals surface area contributed by atoms with Crippen LogP contribution in [0.5, 0.6) is 0 Å². The molecule has 0 N–H and O–H groups in total. The monoisotopic (exact) mass is 896 g/mol. The van der Waals surface area contributed by atoms with E-state index in [0.29, 0.717) is 6.42 Å². The van der Waals surface area contributed by atoms with E-state index in [1.54, 1.807) is 0 Å². The Kier molecular flexibility index (Phi) is 21.7. The first-order chi connectivity index (χ1) is 27.1. The third-order valence-corrected chi connectivity index (χ3v) is 18.4. The van der Waals surface area contributed by atoms with E-state index in [4.69, 9.17) is 66.0 Å².